The Bertz CT molecular complexity index is 1140. The molecule has 4 rings (SSSR count). The van der Waals surface area contributed by atoms with Crippen molar-refractivity contribution in [1.29, 1.82) is 0 Å². The van der Waals surface area contributed by atoms with E-state index in [2.05, 4.69) is 4.72 Å². The van der Waals surface area contributed by atoms with E-state index in [9.17, 15) is 18.0 Å². The fourth-order valence-corrected chi connectivity index (χ4v) is 6.11. The zero-order valence-electron chi connectivity index (χ0n) is 17.5. The van der Waals surface area contributed by atoms with Crippen LogP contribution in [-0.4, -0.2) is 25.1 Å². The average Bonchev–Trinajstić information content (AvgIpc) is 2.97. The number of nitrogens with one attached hydrogen (secondary N) is 1. The van der Waals surface area contributed by atoms with Gasteiger partial charge in [0.2, 0.25) is 11.8 Å². The molecule has 2 aliphatic rings. The highest BCUT2D eigenvalue weighted by Crippen LogP contribution is 2.38. The van der Waals surface area contributed by atoms with Crippen molar-refractivity contribution >= 4 is 39.1 Å². The quantitative estimate of drug-likeness (QED) is 0.669. The number of fused-ring (bicyclic) bond motifs is 1. The Labute approximate surface area is 187 Å². The van der Waals surface area contributed by atoms with Gasteiger partial charge in [-0.05, 0) is 61.6 Å². The molecule has 1 saturated heterocycles. The summed E-state index contributed by atoms with van der Waals surface area (Å²) in [7, 11) is -3.88. The van der Waals surface area contributed by atoms with Crippen molar-refractivity contribution in [3.63, 3.8) is 0 Å². The molecule has 1 aliphatic heterocycles. The molecule has 2 fully saturated rings. The maximum absolute atomic E-state index is 13.1. The summed E-state index contributed by atoms with van der Waals surface area (Å²) >= 11 is 6.12. The van der Waals surface area contributed by atoms with Crippen molar-refractivity contribution in [2.45, 2.75) is 51.0 Å². The van der Waals surface area contributed by atoms with E-state index < -0.39 is 10.0 Å². The summed E-state index contributed by atoms with van der Waals surface area (Å²) in [5.41, 5.74) is 2.22. The van der Waals surface area contributed by atoms with Gasteiger partial charge in [-0.1, -0.05) is 42.6 Å². The number of carbonyl (C=O) groups is 2. The zero-order chi connectivity index (χ0) is 22.3. The van der Waals surface area contributed by atoms with Crippen LogP contribution in [0.3, 0.4) is 0 Å². The molecule has 164 valence electrons. The molecule has 2 amide bonds. The van der Waals surface area contributed by atoms with Crippen LogP contribution in [0.5, 0.6) is 0 Å². The first-order valence-electron chi connectivity index (χ1n) is 10.4. The first-order valence-corrected chi connectivity index (χ1v) is 12.3. The molecular formula is C23H25ClN2O4S. The number of carbonyl (C=O) groups excluding carboxylic acids is 2. The van der Waals surface area contributed by atoms with Crippen molar-refractivity contribution in [1.82, 2.24) is 4.90 Å². The number of halogens is 1. The van der Waals surface area contributed by atoms with Gasteiger partial charge < -0.3 is 0 Å². The molecular weight excluding hydrogens is 436 g/mol. The van der Waals surface area contributed by atoms with Crippen LogP contribution in [0.4, 0.5) is 5.69 Å². The van der Waals surface area contributed by atoms with E-state index in [0.717, 1.165) is 25.7 Å². The number of hydrogen-bond donors (Lipinski definition) is 1. The number of likely N-dealkylation sites (tertiary alicyclic amines) is 1. The van der Waals surface area contributed by atoms with Gasteiger partial charge >= 0.3 is 0 Å². The number of amides is 2. The molecule has 1 saturated carbocycles. The first kappa shape index (κ1) is 21.8. The molecule has 2 aromatic rings. The molecule has 0 spiro atoms. The van der Waals surface area contributed by atoms with Gasteiger partial charge in [-0.15, -0.1) is 0 Å². The third-order valence-corrected chi connectivity index (χ3v) is 8.24. The maximum Gasteiger partial charge on any atom is 0.262 e. The van der Waals surface area contributed by atoms with E-state index in [1.165, 1.54) is 4.90 Å². The van der Waals surface area contributed by atoms with E-state index in [1.807, 2.05) is 0 Å². The molecule has 31 heavy (non-hydrogen) atoms. The van der Waals surface area contributed by atoms with Crippen LogP contribution in [0.15, 0.2) is 41.3 Å². The Morgan fingerprint density at radius 1 is 1.03 bits per heavy atom. The Morgan fingerprint density at radius 2 is 1.68 bits per heavy atom. The van der Waals surface area contributed by atoms with Gasteiger partial charge in [0.05, 0.1) is 29.0 Å². The fraction of sp³-hybridized carbons (Fsp3) is 0.391. The van der Waals surface area contributed by atoms with Gasteiger partial charge in [-0.2, -0.15) is 0 Å². The number of sulfonamides is 1. The minimum Gasteiger partial charge on any atom is -0.279 e. The second kappa shape index (κ2) is 8.28. The van der Waals surface area contributed by atoms with E-state index in [-0.39, 0.29) is 35.1 Å². The van der Waals surface area contributed by atoms with Crippen molar-refractivity contribution in [2.24, 2.45) is 11.8 Å². The summed E-state index contributed by atoms with van der Waals surface area (Å²) in [5.74, 6) is -0.704. The molecule has 2 aromatic carbocycles. The van der Waals surface area contributed by atoms with Crippen LogP contribution >= 0.6 is 11.6 Å². The number of hydrogen-bond acceptors (Lipinski definition) is 4. The molecule has 0 aromatic heterocycles. The number of nitrogens with zero attached hydrogens (tertiary/aromatic N) is 1. The lowest BCUT2D eigenvalue weighted by atomic mass is 9.81. The Balaban J connectivity index is 1.61. The summed E-state index contributed by atoms with van der Waals surface area (Å²) in [6.07, 6.45) is 3.44. The Morgan fingerprint density at radius 3 is 2.32 bits per heavy atom. The van der Waals surface area contributed by atoms with Gasteiger partial charge in [-0.3, -0.25) is 19.2 Å². The average molecular weight is 461 g/mol. The maximum atomic E-state index is 13.1. The van der Waals surface area contributed by atoms with Crippen molar-refractivity contribution < 1.29 is 18.0 Å². The normalized spacial score (nSPS) is 21.3. The Kier molecular flexibility index (Phi) is 5.83. The third kappa shape index (κ3) is 4.08. The molecule has 1 heterocycles. The molecule has 1 N–H and O–H groups in total. The summed E-state index contributed by atoms with van der Waals surface area (Å²) < 4.78 is 28.8. The molecule has 6 nitrogen and oxygen atoms in total. The number of benzene rings is 2. The van der Waals surface area contributed by atoms with Gasteiger partial charge in [-0.25, -0.2) is 8.42 Å². The number of aryl methyl sites for hydroxylation is 1. The molecule has 1 aliphatic carbocycles. The molecule has 2 atom stereocenters. The molecule has 0 bridgehead atoms. The minimum absolute atomic E-state index is 0.0870. The smallest absolute Gasteiger partial charge is 0.262 e. The van der Waals surface area contributed by atoms with E-state index in [4.69, 9.17) is 11.6 Å². The predicted molar refractivity (Wildman–Crippen MR) is 119 cm³/mol. The Hall–Kier alpha value is -2.38. The third-order valence-electron chi connectivity index (χ3n) is 6.33. The van der Waals surface area contributed by atoms with Crippen LogP contribution in [0.25, 0.3) is 0 Å². The predicted octanol–water partition coefficient (Wildman–Crippen LogP) is 4.43. The van der Waals surface area contributed by atoms with Gasteiger partial charge in [0.25, 0.3) is 10.0 Å². The second-order valence-electron chi connectivity index (χ2n) is 8.38. The summed E-state index contributed by atoms with van der Waals surface area (Å²) in [6, 6.07) is 10.0. The molecule has 0 radical (unpaired) electrons. The minimum atomic E-state index is -3.88. The lowest BCUT2D eigenvalue weighted by Crippen LogP contribution is -2.30. The van der Waals surface area contributed by atoms with Crippen LogP contribution in [-0.2, 0) is 26.2 Å². The van der Waals surface area contributed by atoms with Gasteiger partial charge in [0.15, 0.2) is 0 Å². The number of rotatable bonds is 5. The summed E-state index contributed by atoms with van der Waals surface area (Å²) in [4.78, 5) is 27.0. The lowest BCUT2D eigenvalue weighted by molar-refractivity contribution is -0.140. The molecule has 2 unspecified atom stereocenters. The van der Waals surface area contributed by atoms with Crippen LogP contribution < -0.4 is 4.72 Å². The highest BCUT2D eigenvalue weighted by atomic mass is 35.5. The van der Waals surface area contributed by atoms with Crippen LogP contribution in [0.2, 0.25) is 5.02 Å². The van der Waals surface area contributed by atoms with Crippen molar-refractivity contribution in [3.05, 3.63) is 58.1 Å². The van der Waals surface area contributed by atoms with Crippen molar-refractivity contribution in [2.75, 3.05) is 4.72 Å². The second-order valence-corrected chi connectivity index (χ2v) is 10.4. The van der Waals surface area contributed by atoms with E-state index in [0.29, 0.717) is 27.4 Å². The topological polar surface area (TPSA) is 83.6 Å². The van der Waals surface area contributed by atoms with Gasteiger partial charge in [0.1, 0.15) is 0 Å². The van der Waals surface area contributed by atoms with Gasteiger partial charge in [0, 0.05) is 5.02 Å². The largest absolute Gasteiger partial charge is 0.279 e. The zero-order valence-corrected chi connectivity index (χ0v) is 19.1. The summed E-state index contributed by atoms with van der Waals surface area (Å²) in [5, 5.41) is 0.471. The fourth-order valence-electron chi connectivity index (χ4n) is 4.52. The van der Waals surface area contributed by atoms with E-state index >= 15 is 0 Å². The summed E-state index contributed by atoms with van der Waals surface area (Å²) in [6.45, 7) is 3.54. The molecule has 8 heteroatoms. The van der Waals surface area contributed by atoms with Crippen LogP contribution in [0, 0.1) is 25.7 Å². The standard InChI is InChI=1S/C23H25ClN2O4S/c1-14-10-11-16(13-26-22(27)17-6-3-4-7-18(17)23(26)28)12-21(14)31(29,30)25-20-9-5-8-19(24)15(20)2/h5,8-12,17-18,25H,3-4,6-7,13H2,1-2H3. The number of anilines is 1. The monoisotopic (exact) mass is 460 g/mol. The SMILES string of the molecule is Cc1ccc(CN2C(=O)C3CCCCC3C2=O)cc1S(=O)(=O)Nc1cccc(Cl)c1C. The van der Waals surface area contributed by atoms with Crippen molar-refractivity contribution in [3.8, 4) is 0 Å². The number of imide groups is 1. The highest BCUT2D eigenvalue weighted by Gasteiger charge is 2.47. The first-order chi connectivity index (χ1) is 14.7. The lowest BCUT2D eigenvalue weighted by Gasteiger charge is -2.19. The van der Waals surface area contributed by atoms with E-state index in [1.54, 1.807) is 50.2 Å². The highest BCUT2D eigenvalue weighted by molar-refractivity contribution is 7.92. The van der Waals surface area contributed by atoms with Crippen LogP contribution in [0.1, 0.15) is 42.4 Å².